The van der Waals surface area contributed by atoms with Crippen LogP contribution in [-0.4, -0.2) is 43.6 Å². The molecule has 2 aromatic rings. The quantitative estimate of drug-likeness (QED) is 0.868. The monoisotopic (exact) mass is 372 g/mol. The Balaban J connectivity index is 1.36. The molecule has 1 aromatic carbocycles. The van der Waals surface area contributed by atoms with Crippen molar-refractivity contribution in [1.29, 1.82) is 0 Å². The maximum absolute atomic E-state index is 12.6. The third-order valence-electron chi connectivity index (χ3n) is 5.26. The number of amides is 1. The van der Waals surface area contributed by atoms with Crippen LogP contribution in [-0.2, 0) is 0 Å². The Morgan fingerprint density at radius 3 is 2.65 bits per heavy atom. The zero-order valence-electron chi connectivity index (χ0n) is 14.9. The Morgan fingerprint density at radius 1 is 1.19 bits per heavy atom. The molecule has 26 heavy (non-hydrogen) atoms. The van der Waals surface area contributed by atoms with Gasteiger partial charge in [0, 0.05) is 29.6 Å². The van der Waals surface area contributed by atoms with Gasteiger partial charge in [0.05, 0.1) is 7.11 Å². The van der Waals surface area contributed by atoms with Gasteiger partial charge >= 0.3 is 0 Å². The van der Waals surface area contributed by atoms with E-state index in [0.717, 1.165) is 29.7 Å². The minimum atomic E-state index is 0.00171. The summed E-state index contributed by atoms with van der Waals surface area (Å²) in [6.07, 6.45) is 3.64. The van der Waals surface area contributed by atoms with E-state index in [1.807, 2.05) is 35.7 Å². The largest absolute Gasteiger partial charge is 0.496 e. The summed E-state index contributed by atoms with van der Waals surface area (Å²) in [5.74, 6) is 2.26. The van der Waals surface area contributed by atoms with Crippen molar-refractivity contribution in [2.24, 2.45) is 5.92 Å². The van der Waals surface area contributed by atoms with Crippen LogP contribution < -0.4 is 14.8 Å². The van der Waals surface area contributed by atoms with Crippen molar-refractivity contribution in [2.45, 2.75) is 25.3 Å². The molecule has 1 N–H and O–H groups in total. The molecule has 5 nitrogen and oxygen atoms in total. The number of ether oxygens (including phenoxy) is 2. The molecular formula is C20H24N2O3S. The summed E-state index contributed by atoms with van der Waals surface area (Å²) in [6.45, 7) is 3.33. The van der Waals surface area contributed by atoms with E-state index in [-0.39, 0.29) is 11.9 Å². The second-order valence-electron chi connectivity index (χ2n) is 7.08. The van der Waals surface area contributed by atoms with Crippen LogP contribution in [0.3, 0.4) is 0 Å². The Labute approximate surface area is 157 Å². The lowest BCUT2D eigenvalue weighted by Crippen LogP contribution is -2.41. The van der Waals surface area contributed by atoms with Crippen molar-refractivity contribution in [3.63, 3.8) is 0 Å². The summed E-state index contributed by atoms with van der Waals surface area (Å²) in [5, 5.41) is 5.88. The van der Waals surface area contributed by atoms with Crippen molar-refractivity contribution in [3.05, 3.63) is 41.3 Å². The number of nitrogens with one attached hydrogen (secondary N) is 1. The molecule has 138 valence electrons. The molecule has 0 saturated carbocycles. The third kappa shape index (κ3) is 4.02. The van der Waals surface area contributed by atoms with Gasteiger partial charge in [-0.1, -0.05) is 0 Å². The number of rotatable bonds is 5. The second kappa shape index (κ2) is 7.68. The molecule has 1 unspecified atom stereocenters. The lowest BCUT2D eigenvalue weighted by atomic mass is 9.94. The molecule has 4 heterocycles. The predicted molar refractivity (Wildman–Crippen MR) is 102 cm³/mol. The summed E-state index contributed by atoms with van der Waals surface area (Å²) >= 11 is 1.48. The maximum atomic E-state index is 12.6. The van der Waals surface area contributed by atoms with Gasteiger partial charge in [0.15, 0.2) is 5.06 Å². The van der Waals surface area contributed by atoms with Crippen LogP contribution in [0.15, 0.2) is 35.7 Å². The second-order valence-corrected chi connectivity index (χ2v) is 7.96. The topological polar surface area (TPSA) is 50.8 Å². The molecule has 0 radical (unpaired) electrons. The number of nitrogens with zero attached hydrogens (tertiary/aromatic N) is 1. The molecule has 0 spiro atoms. The zero-order chi connectivity index (χ0) is 17.9. The average Bonchev–Trinajstić information content (AvgIpc) is 2.92. The van der Waals surface area contributed by atoms with Crippen molar-refractivity contribution in [2.75, 3.05) is 26.7 Å². The van der Waals surface area contributed by atoms with E-state index in [0.29, 0.717) is 11.3 Å². The summed E-state index contributed by atoms with van der Waals surface area (Å²) in [7, 11) is 1.63. The van der Waals surface area contributed by atoms with Crippen molar-refractivity contribution in [3.8, 4) is 16.6 Å². The van der Waals surface area contributed by atoms with Gasteiger partial charge in [-0.15, -0.1) is 11.3 Å². The normalized spacial score (nSPS) is 24.7. The summed E-state index contributed by atoms with van der Waals surface area (Å²) < 4.78 is 11.0. The van der Waals surface area contributed by atoms with Gasteiger partial charge in [-0.25, -0.2) is 0 Å². The van der Waals surface area contributed by atoms with Crippen LogP contribution in [0.2, 0.25) is 0 Å². The number of piperidine rings is 1. The van der Waals surface area contributed by atoms with Crippen LogP contribution >= 0.6 is 11.3 Å². The Hall–Kier alpha value is -2.05. The van der Waals surface area contributed by atoms with E-state index in [1.165, 1.54) is 37.3 Å². The van der Waals surface area contributed by atoms with Gasteiger partial charge < -0.3 is 19.7 Å². The van der Waals surface area contributed by atoms with Crippen molar-refractivity contribution >= 4 is 17.2 Å². The summed E-state index contributed by atoms with van der Waals surface area (Å²) in [4.78, 5) is 15.1. The summed E-state index contributed by atoms with van der Waals surface area (Å²) in [6, 6.07) is 9.42. The molecule has 1 aromatic heterocycles. The first-order chi connectivity index (χ1) is 12.7. The molecule has 1 amide bonds. The lowest BCUT2D eigenvalue weighted by molar-refractivity contribution is 0.0929. The fourth-order valence-corrected chi connectivity index (χ4v) is 4.54. The fraction of sp³-hybridized carbons (Fsp3) is 0.450. The predicted octanol–water partition coefficient (Wildman–Crippen LogP) is 3.76. The summed E-state index contributed by atoms with van der Waals surface area (Å²) in [5.41, 5.74) is 0.674. The number of methoxy groups -OCH3 is 1. The number of hydrogen-bond donors (Lipinski definition) is 1. The number of benzene rings is 1. The molecule has 0 aliphatic carbocycles. The highest BCUT2D eigenvalue weighted by Crippen LogP contribution is 2.32. The number of hydrogen-bond acceptors (Lipinski definition) is 5. The number of fused-ring (bicyclic) bond motifs is 4. The van der Waals surface area contributed by atoms with Crippen LogP contribution in [0.1, 0.15) is 29.6 Å². The minimum Gasteiger partial charge on any atom is -0.496 e. The molecule has 3 fully saturated rings. The molecule has 3 aliphatic rings. The first-order valence-corrected chi connectivity index (χ1v) is 10.0. The third-order valence-corrected chi connectivity index (χ3v) is 6.04. The molecule has 3 aliphatic heterocycles. The first-order valence-electron chi connectivity index (χ1n) is 9.13. The van der Waals surface area contributed by atoms with Crippen molar-refractivity contribution < 1.29 is 14.3 Å². The Kier molecular flexibility index (Phi) is 5.13. The molecule has 3 saturated heterocycles. The molecule has 1 atom stereocenters. The van der Waals surface area contributed by atoms with E-state index in [1.54, 1.807) is 7.11 Å². The molecule has 2 bridgehead atoms. The van der Waals surface area contributed by atoms with E-state index >= 15 is 0 Å². The highest BCUT2D eigenvalue weighted by atomic mass is 32.1. The fourth-order valence-electron chi connectivity index (χ4n) is 3.82. The minimum absolute atomic E-state index is 0.00171. The van der Waals surface area contributed by atoms with Gasteiger partial charge in [0.1, 0.15) is 11.5 Å². The van der Waals surface area contributed by atoms with Crippen molar-refractivity contribution in [1.82, 2.24) is 10.2 Å². The van der Waals surface area contributed by atoms with Gasteiger partial charge in [-0.05, 0) is 62.5 Å². The van der Waals surface area contributed by atoms with Gasteiger partial charge in [0.25, 0.3) is 5.91 Å². The smallest absolute Gasteiger partial charge is 0.251 e. The van der Waals surface area contributed by atoms with E-state index in [4.69, 9.17) is 9.47 Å². The highest BCUT2D eigenvalue weighted by Gasteiger charge is 2.29. The van der Waals surface area contributed by atoms with E-state index in [9.17, 15) is 4.79 Å². The van der Waals surface area contributed by atoms with Crippen LogP contribution in [0.25, 0.3) is 0 Å². The van der Waals surface area contributed by atoms with Crippen LogP contribution in [0.5, 0.6) is 16.6 Å². The van der Waals surface area contributed by atoms with E-state index in [2.05, 4.69) is 10.2 Å². The SMILES string of the molecule is COc1csc(Oc2ccc(C(=O)NC3CC4CCN(CC4)C3)cc2)c1. The van der Waals surface area contributed by atoms with Crippen LogP contribution in [0.4, 0.5) is 0 Å². The van der Waals surface area contributed by atoms with E-state index < -0.39 is 0 Å². The van der Waals surface area contributed by atoms with Gasteiger partial charge in [0.2, 0.25) is 0 Å². The standard InChI is InChI=1S/C20H24N2O3S/c1-24-18-11-19(26-13-18)25-17-4-2-15(3-5-17)20(23)21-16-10-14-6-8-22(12-16)9-7-14/h2-5,11,13-14,16H,6-10,12H2,1H3,(H,21,23). The van der Waals surface area contributed by atoms with Gasteiger partial charge in [-0.3, -0.25) is 4.79 Å². The lowest BCUT2D eigenvalue weighted by Gasteiger charge is -2.26. The first kappa shape index (κ1) is 17.4. The number of thiophene rings is 1. The van der Waals surface area contributed by atoms with Crippen LogP contribution in [0, 0.1) is 5.92 Å². The molecule has 5 rings (SSSR count). The zero-order valence-corrected chi connectivity index (χ0v) is 15.8. The molecular weight excluding hydrogens is 348 g/mol. The Bertz CT molecular complexity index is 737. The maximum Gasteiger partial charge on any atom is 0.251 e. The number of carbonyl (C=O) groups excluding carboxylic acids is 1. The Morgan fingerprint density at radius 2 is 1.96 bits per heavy atom. The number of carbonyl (C=O) groups is 1. The molecule has 6 heteroatoms. The average molecular weight is 372 g/mol. The highest BCUT2D eigenvalue weighted by molar-refractivity contribution is 7.12. The van der Waals surface area contributed by atoms with Gasteiger partial charge in [-0.2, -0.15) is 0 Å².